The Morgan fingerprint density at radius 3 is 3.11 bits per heavy atom. The van der Waals surface area contributed by atoms with Crippen molar-refractivity contribution in [1.29, 1.82) is 0 Å². The molecule has 1 fully saturated rings. The summed E-state index contributed by atoms with van der Waals surface area (Å²) in [6.45, 7) is 1.62. The Hall–Kier alpha value is -1.44. The van der Waals surface area contributed by atoms with Crippen molar-refractivity contribution in [3.05, 3.63) is 18.0 Å². The zero-order valence-electron chi connectivity index (χ0n) is 11.4. The number of nitrogens with zero attached hydrogens (tertiary/aromatic N) is 3. The molecule has 1 aromatic rings. The standard InChI is InChI=1S/C12H21N5O2/c1-16(6-9-5-14-17(2)7-9)8-10-3-4-11(19-10)12(18)15-13/h5,7,10-11H,3-4,6,8,13H2,1-2H3,(H,15,18). The summed E-state index contributed by atoms with van der Waals surface area (Å²) in [5.41, 5.74) is 3.30. The monoisotopic (exact) mass is 267 g/mol. The minimum atomic E-state index is -0.401. The van der Waals surface area contributed by atoms with Crippen LogP contribution >= 0.6 is 0 Å². The smallest absolute Gasteiger partial charge is 0.263 e. The van der Waals surface area contributed by atoms with Crippen molar-refractivity contribution in [1.82, 2.24) is 20.1 Å². The highest BCUT2D eigenvalue weighted by Gasteiger charge is 2.30. The molecule has 106 valence electrons. The second-order valence-corrected chi connectivity index (χ2v) is 5.05. The molecule has 2 heterocycles. The van der Waals surface area contributed by atoms with Crippen LogP contribution in [0.4, 0.5) is 0 Å². The average Bonchev–Trinajstić information content (AvgIpc) is 2.98. The van der Waals surface area contributed by atoms with E-state index in [1.54, 1.807) is 4.68 Å². The summed E-state index contributed by atoms with van der Waals surface area (Å²) in [5, 5.41) is 4.14. The summed E-state index contributed by atoms with van der Waals surface area (Å²) in [7, 11) is 3.94. The van der Waals surface area contributed by atoms with E-state index in [2.05, 4.69) is 15.4 Å². The van der Waals surface area contributed by atoms with E-state index >= 15 is 0 Å². The first-order valence-electron chi connectivity index (χ1n) is 6.40. The lowest BCUT2D eigenvalue weighted by atomic mass is 10.2. The minimum Gasteiger partial charge on any atom is -0.364 e. The number of nitrogens with two attached hydrogens (primary N) is 1. The molecule has 0 radical (unpaired) electrons. The van der Waals surface area contributed by atoms with Crippen molar-refractivity contribution < 1.29 is 9.53 Å². The molecule has 2 unspecified atom stereocenters. The number of likely N-dealkylation sites (N-methyl/N-ethyl adjacent to an activating group) is 1. The van der Waals surface area contributed by atoms with Crippen LogP contribution in [0, 0.1) is 0 Å². The van der Waals surface area contributed by atoms with Crippen LogP contribution in [0.2, 0.25) is 0 Å². The highest BCUT2D eigenvalue weighted by molar-refractivity contribution is 5.80. The van der Waals surface area contributed by atoms with E-state index in [4.69, 9.17) is 10.6 Å². The predicted octanol–water partition coefficient (Wildman–Crippen LogP) is -0.611. The van der Waals surface area contributed by atoms with Crippen molar-refractivity contribution in [3.8, 4) is 0 Å². The van der Waals surface area contributed by atoms with E-state index in [1.807, 2.05) is 26.5 Å². The van der Waals surface area contributed by atoms with E-state index in [9.17, 15) is 4.79 Å². The number of amides is 1. The van der Waals surface area contributed by atoms with E-state index in [0.29, 0.717) is 0 Å². The minimum absolute atomic E-state index is 0.0870. The van der Waals surface area contributed by atoms with Crippen LogP contribution in [0.25, 0.3) is 0 Å². The molecule has 3 N–H and O–H groups in total. The predicted molar refractivity (Wildman–Crippen MR) is 69.8 cm³/mol. The number of hydrogen-bond donors (Lipinski definition) is 2. The van der Waals surface area contributed by atoms with E-state index in [-0.39, 0.29) is 12.0 Å². The number of aromatic nitrogens is 2. The Labute approximate surface area is 112 Å². The van der Waals surface area contributed by atoms with Gasteiger partial charge in [-0.1, -0.05) is 0 Å². The Kier molecular flexibility index (Phi) is 4.52. The maximum absolute atomic E-state index is 11.4. The maximum Gasteiger partial charge on any atom is 0.263 e. The first-order valence-corrected chi connectivity index (χ1v) is 6.40. The Bertz CT molecular complexity index is 434. The highest BCUT2D eigenvalue weighted by Crippen LogP contribution is 2.20. The van der Waals surface area contributed by atoms with Crippen LogP contribution in [0.15, 0.2) is 12.4 Å². The molecule has 19 heavy (non-hydrogen) atoms. The largest absolute Gasteiger partial charge is 0.364 e. The lowest BCUT2D eigenvalue weighted by Gasteiger charge is -2.20. The Morgan fingerprint density at radius 1 is 1.68 bits per heavy atom. The average molecular weight is 267 g/mol. The molecule has 1 aromatic heterocycles. The second kappa shape index (κ2) is 6.14. The second-order valence-electron chi connectivity index (χ2n) is 5.05. The summed E-state index contributed by atoms with van der Waals surface area (Å²) in [4.78, 5) is 13.5. The van der Waals surface area contributed by atoms with Crippen LogP contribution in [-0.2, 0) is 23.1 Å². The highest BCUT2D eigenvalue weighted by atomic mass is 16.5. The van der Waals surface area contributed by atoms with Crippen molar-refractivity contribution in [2.45, 2.75) is 31.6 Å². The number of aryl methyl sites for hydroxylation is 1. The van der Waals surface area contributed by atoms with E-state index in [0.717, 1.165) is 25.9 Å². The fourth-order valence-electron chi connectivity index (χ4n) is 2.40. The zero-order chi connectivity index (χ0) is 13.8. The molecule has 1 aliphatic heterocycles. The molecule has 1 amide bonds. The number of carbonyl (C=O) groups is 1. The van der Waals surface area contributed by atoms with Gasteiger partial charge in [0, 0.05) is 31.9 Å². The van der Waals surface area contributed by atoms with Crippen LogP contribution in [-0.4, -0.2) is 46.4 Å². The molecule has 0 saturated carbocycles. The van der Waals surface area contributed by atoms with Crippen molar-refractivity contribution in [2.24, 2.45) is 12.9 Å². The fourth-order valence-corrected chi connectivity index (χ4v) is 2.40. The third kappa shape index (κ3) is 3.76. The molecular formula is C12H21N5O2. The lowest BCUT2D eigenvalue weighted by molar-refractivity contribution is -0.132. The van der Waals surface area contributed by atoms with Gasteiger partial charge in [-0.3, -0.25) is 19.8 Å². The Balaban J connectivity index is 1.77. The third-order valence-corrected chi connectivity index (χ3v) is 3.27. The van der Waals surface area contributed by atoms with Gasteiger partial charge in [0.1, 0.15) is 6.10 Å². The van der Waals surface area contributed by atoms with Gasteiger partial charge in [-0.25, -0.2) is 5.84 Å². The molecule has 0 bridgehead atoms. The number of hydrogen-bond acceptors (Lipinski definition) is 5. The summed E-state index contributed by atoms with van der Waals surface area (Å²) in [6.07, 6.45) is 5.16. The Morgan fingerprint density at radius 2 is 2.47 bits per heavy atom. The molecule has 2 atom stereocenters. The maximum atomic E-state index is 11.4. The van der Waals surface area contributed by atoms with Gasteiger partial charge in [0.25, 0.3) is 5.91 Å². The SMILES string of the molecule is CN(Cc1cnn(C)c1)CC1CCC(C(=O)NN)O1. The molecule has 1 aliphatic rings. The summed E-state index contributed by atoms with van der Waals surface area (Å²) in [6, 6.07) is 0. The molecule has 7 heteroatoms. The number of rotatable bonds is 5. The molecule has 0 aromatic carbocycles. The van der Waals surface area contributed by atoms with Crippen LogP contribution < -0.4 is 11.3 Å². The number of carbonyl (C=O) groups excluding carboxylic acids is 1. The van der Waals surface area contributed by atoms with Crippen LogP contribution in [0.5, 0.6) is 0 Å². The number of ether oxygens (including phenoxy) is 1. The third-order valence-electron chi connectivity index (χ3n) is 3.27. The zero-order valence-corrected chi connectivity index (χ0v) is 11.4. The normalized spacial score (nSPS) is 22.9. The molecule has 0 spiro atoms. The quantitative estimate of drug-likeness (QED) is 0.422. The van der Waals surface area contributed by atoms with Gasteiger partial charge in [-0.05, 0) is 19.9 Å². The molecule has 1 saturated heterocycles. The molecule has 7 nitrogen and oxygen atoms in total. The van der Waals surface area contributed by atoms with E-state index in [1.165, 1.54) is 5.56 Å². The summed E-state index contributed by atoms with van der Waals surface area (Å²) >= 11 is 0. The van der Waals surface area contributed by atoms with Crippen molar-refractivity contribution in [2.75, 3.05) is 13.6 Å². The molecular weight excluding hydrogens is 246 g/mol. The van der Waals surface area contributed by atoms with Gasteiger partial charge in [0.15, 0.2) is 0 Å². The van der Waals surface area contributed by atoms with Gasteiger partial charge >= 0.3 is 0 Å². The van der Waals surface area contributed by atoms with Gasteiger partial charge in [0.2, 0.25) is 0 Å². The molecule has 2 rings (SSSR count). The summed E-state index contributed by atoms with van der Waals surface area (Å²) < 4.78 is 7.46. The van der Waals surface area contributed by atoms with Crippen molar-refractivity contribution in [3.63, 3.8) is 0 Å². The topological polar surface area (TPSA) is 85.4 Å². The molecule has 0 aliphatic carbocycles. The fraction of sp³-hybridized carbons (Fsp3) is 0.667. The number of hydrazine groups is 1. The van der Waals surface area contributed by atoms with Gasteiger partial charge in [0.05, 0.1) is 12.3 Å². The van der Waals surface area contributed by atoms with Crippen LogP contribution in [0.3, 0.4) is 0 Å². The van der Waals surface area contributed by atoms with Gasteiger partial charge in [-0.2, -0.15) is 5.10 Å². The number of nitrogens with one attached hydrogen (secondary N) is 1. The summed E-state index contributed by atoms with van der Waals surface area (Å²) in [5.74, 6) is 4.87. The first kappa shape index (κ1) is 14.0. The van der Waals surface area contributed by atoms with Crippen molar-refractivity contribution >= 4 is 5.91 Å². The first-order chi connectivity index (χ1) is 9.08. The lowest BCUT2D eigenvalue weighted by Crippen LogP contribution is -2.39. The van der Waals surface area contributed by atoms with Gasteiger partial charge in [-0.15, -0.1) is 0 Å². The van der Waals surface area contributed by atoms with Gasteiger partial charge < -0.3 is 4.74 Å². The van der Waals surface area contributed by atoms with Crippen LogP contribution in [0.1, 0.15) is 18.4 Å². The van der Waals surface area contributed by atoms with E-state index < -0.39 is 6.10 Å².